The van der Waals surface area contributed by atoms with Gasteiger partial charge in [0.25, 0.3) is 0 Å². The molecule has 2 N–H and O–H groups in total. The Bertz CT molecular complexity index is 1060. The molecule has 0 bridgehead atoms. The third kappa shape index (κ3) is 5.05. The first-order valence-electron chi connectivity index (χ1n) is 9.20. The smallest absolute Gasteiger partial charge is 0.230 e. The van der Waals surface area contributed by atoms with Crippen molar-refractivity contribution in [1.82, 2.24) is 9.13 Å². The van der Waals surface area contributed by atoms with Gasteiger partial charge in [0, 0.05) is 23.8 Å². The molecule has 29 heavy (non-hydrogen) atoms. The number of benzene rings is 2. The first-order valence-corrected chi connectivity index (χ1v) is 9.98. The number of hydrogen-bond acceptors (Lipinski definition) is 3. The molecular formula is C21H21ClFN3O2S. The Hall–Kier alpha value is -2.64. The van der Waals surface area contributed by atoms with Gasteiger partial charge in [-0.1, -0.05) is 23.7 Å². The number of aromatic nitrogens is 2. The lowest BCUT2D eigenvalue weighted by atomic mass is 10.1. The highest BCUT2D eigenvalue weighted by Gasteiger charge is 2.19. The number of nitrogens with one attached hydrogen (secondary N) is 1. The zero-order valence-corrected chi connectivity index (χ0v) is 17.4. The van der Waals surface area contributed by atoms with E-state index in [1.54, 1.807) is 45.5 Å². The van der Waals surface area contributed by atoms with Crippen molar-refractivity contribution in [3.63, 3.8) is 0 Å². The Balaban J connectivity index is 1.80. The second-order valence-electron chi connectivity index (χ2n) is 6.56. The van der Waals surface area contributed by atoms with Gasteiger partial charge in [0.15, 0.2) is 4.77 Å². The number of aryl methyl sites for hydroxylation is 1. The van der Waals surface area contributed by atoms with Crippen LogP contribution in [0.25, 0.3) is 0 Å². The van der Waals surface area contributed by atoms with Gasteiger partial charge in [-0.05, 0) is 67.5 Å². The summed E-state index contributed by atoms with van der Waals surface area (Å²) in [4.78, 5) is 12.5. The van der Waals surface area contributed by atoms with Crippen molar-refractivity contribution in [2.75, 3.05) is 5.32 Å². The molecule has 5 nitrogen and oxygen atoms in total. The van der Waals surface area contributed by atoms with E-state index < -0.39 is 0 Å². The molecule has 0 fully saturated rings. The summed E-state index contributed by atoms with van der Waals surface area (Å²) in [6.07, 6.45) is 0.558. The fourth-order valence-electron chi connectivity index (χ4n) is 3.10. The van der Waals surface area contributed by atoms with E-state index >= 15 is 0 Å². The van der Waals surface area contributed by atoms with Crippen molar-refractivity contribution in [3.8, 4) is 5.88 Å². The highest BCUT2D eigenvalue weighted by atomic mass is 35.5. The molecule has 0 aliphatic carbocycles. The quantitative estimate of drug-likeness (QED) is 0.518. The second-order valence-corrected chi connectivity index (χ2v) is 7.36. The molecule has 1 aromatic heterocycles. The molecule has 8 heteroatoms. The highest BCUT2D eigenvalue weighted by Crippen LogP contribution is 2.23. The van der Waals surface area contributed by atoms with Gasteiger partial charge in [0.05, 0.1) is 12.1 Å². The largest absolute Gasteiger partial charge is 0.493 e. The normalized spacial score (nSPS) is 10.9. The van der Waals surface area contributed by atoms with Crippen LogP contribution >= 0.6 is 23.8 Å². The number of carbonyl (C=O) groups excluding carboxylic acids is 1. The minimum absolute atomic E-state index is 0.0112. The van der Waals surface area contributed by atoms with Crippen LogP contribution in [0.3, 0.4) is 0 Å². The lowest BCUT2D eigenvalue weighted by Gasteiger charge is -2.10. The maximum Gasteiger partial charge on any atom is 0.230 e. The third-order valence-corrected chi connectivity index (χ3v) is 5.30. The molecule has 0 atom stereocenters. The van der Waals surface area contributed by atoms with Crippen LogP contribution in [0.1, 0.15) is 18.2 Å². The van der Waals surface area contributed by atoms with Gasteiger partial charge in [-0.2, -0.15) is 0 Å². The summed E-state index contributed by atoms with van der Waals surface area (Å²) in [7, 11) is 0. The number of imidazole rings is 1. The van der Waals surface area contributed by atoms with E-state index in [9.17, 15) is 14.3 Å². The number of nitrogens with zero attached hydrogens (tertiary/aromatic N) is 2. The zero-order valence-electron chi connectivity index (χ0n) is 15.9. The molecule has 3 aromatic rings. The van der Waals surface area contributed by atoms with Crippen molar-refractivity contribution in [2.45, 2.75) is 32.9 Å². The van der Waals surface area contributed by atoms with E-state index in [2.05, 4.69) is 5.32 Å². The highest BCUT2D eigenvalue weighted by molar-refractivity contribution is 7.71. The van der Waals surface area contributed by atoms with Crippen LogP contribution in [0, 0.1) is 10.6 Å². The molecule has 152 valence electrons. The van der Waals surface area contributed by atoms with E-state index in [1.165, 1.54) is 12.1 Å². The van der Waals surface area contributed by atoms with Crippen molar-refractivity contribution in [2.24, 2.45) is 0 Å². The molecule has 1 amide bonds. The van der Waals surface area contributed by atoms with Crippen LogP contribution < -0.4 is 5.32 Å². The SMILES string of the molecule is CCn1c(O)c(CC(=O)Nc2ccc(Cl)cc2)n(CCc2ccc(F)cc2)c1=S. The van der Waals surface area contributed by atoms with Crippen LogP contribution in [0.4, 0.5) is 10.1 Å². The van der Waals surface area contributed by atoms with Crippen LogP contribution in [0.2, 0.25) is 5.02 Å². The average Bonchev–Trinajstić information content (AvgIpc) is 2.92. The molecule has 0 saturated heterocycles. The summed E-state index contributed by atoms with van der Waals surface area (Å²) in [6, 6.07) is 13.0. The van der Waals surface area contributed by atoms with Crippen molar-refractivity contribution in [3.05, 3.63) is 75.4 Å². The minimum atomic E-state index is -0.292. The molecule has 0 unspecified atom stereocenters. The number of hydrogen-bond donors (Lipinski definition) is 2. The van der Waals surface area contributed by atoms with Crippen LogP contribution in [-0.2, 0) is 30.7 Å². The zero-order chi connectivity index (χ0) is 21.0. The van der Waals surface area contributed by atoms with Crippen molar-refractivity contribution in [1.29, 1.82) is 0 Å². The summed E-state index contributed by atoms with van der Waals surface area (Å²) in [5.74, 6) is -0.580. The molecular weight excluding hydrogens is 413 g/mol. The van der Waals surface area contributed by atoms with Gasteiger partial charge >= 0.3 is 0 Å². The summed E-state index contributed by atoms with van der Waals surface area (Å²) in [5, 5.41) is 14.0. The molecule has 0 aliphatic heterocycles. The van der Waals surface area contributed by atoms with E-state index in [-0.39, 0.29) is 24.0 Å². The standard InChI is InChI=1S/C21H21ClFN3O2S/c1-2-25-20(28)18(13-19(27)24-17-9-5-15(22)6-10-17)26(21(25)29)12-11-14-3-7-16(23)8-4-14/h3-10,28H,2,11-13H2,1H3,(H,24,27). The molecule has 1 heterocycles. The maximum atomic E-state index is 13.1. The lowest BCUT2D eigenvalue weighted by Crippen LogP contribution is -2.17. The third-order valence-electron chi connectivity index (χ3n) is 4.61. The van der Waals surface area contributed by atoms with E-state index in [1.807, 2.05) is 6.92 Å². The average molecular weight is 434 g/mol. The van der Waals surface area contributed by atoms with E-state index in [4.69, 9.17) is 23.8 Å². The number of amides is 1. The summed E-state index contributed by atoms with van der Waals surface area (Å²) >= 11 is 11.4. The molecule has 0 saturated carbocycles. The second kappa shape index (κ2) is 9.24. The summed E-state index contributed by atoms with van der Waals surface area (Å²) < 4.78 is 16.9. The lowest BCUT2D eigenvalue weighted by molar-refractivity contribution is -0.115. The fraction of sp³-hybridized carbons (Fsp3) is 0.238. The first kappa shape index (κ1) is 21.1. The van der Waals surface area contributed by atoms with Crippen molar-refractivity contribution < 1.29 is 14.3 Å². The fourth-order valence-corrected chi connectivity index (χ4v) is 3.64. The first-order chi connectivity index (χ1) is 13.9. The van der Waals surface area contributed by atoms with Crippen LogP contribution in [0.15, 0.2) is 48.5 Å². The van der Waals surface area contributed by atoms with Gasteiger partial charge in [0.1, 0.15) is 5.82 Å². The molecule has 0 radical (unpaired) electrons. The summed E-state index contributed by atoms with van der Waals surface area (Å²) in [6.45, 7) is 2.83. The Morgan fingerprint density at radius 3 is 2.41 bits per heavy atom. The predicted molar refractivity (Wildman–Crippen MR) is 114 cm³/mol. The van der Waals surface area contributed by atoms with Crippen LogP contribution in [-0.4, -0.2) is 20.1 Å². The molecule has 2 aromatic carbocycles. The number of carbonyl (C=O) groups is 1. The van der Waals surface area contributed by atoms with Crippen LogP contribution in [0.5, 0.6) is 5.88 Å². The predicted octanol–water partition coefficient (Wildman–Crippen LogP) is 4.96. The van der Waals surface area contributed by atoms with Gasteiger partial charge in [-0.3, -0.25) is 9.36 Å². The van der Waals surface area contributed by atoms with Gasteiger partial charge in [-0.25, -0.2) is 4.39 Å². The Morgan fingerprint density at radius 1 is 1.14 bits per heavy atom. The monoisotopic (exact) mass is 433 g/mol. The van der Waals surface area contributed by atoms with Gasteiger partial charge in [0.2, 0.25) is 11.8 Å². The number of rotatable bonds is 7. The maximum absolute atomic E-state index is 13.1. The van der Waals surface area contributed by atoms with E-state index in [0.717, 1.165) is 5.56 Å². The Morgan fingerprint density at radius 2 is 1.79 bits per heavy atom. The number of anilines is 1. The molecule has 0 aliphatic rings. The number of halogens is 2. The van der Waals surface area contributed by atoms with Crippen molar-refractivity contribution >= 4 is 35.4 Å². The summed E-state index contributed by atoms with van der Waals surface area (Å²) in [5.41, 5.74) is 2.00. The van der Waals surface area contributed by atoms with Gasteiger partial charge in [-0.15, -0.1) is 0 Å². The topological polar surface area (TPSA) is 59.2 Å². The Labute approximate surface area is 178 Å². The molecule has 3 rings (SSSR count). The Kier molecular flexibility index (Phi) is 6.71. The van der Waals surface area contributed by atoms with Gasteiger partial charge < -0.3 is 15.0 Å². The minimum Gasteiger partial charge on any atom is -0.493 e. The van der Waals surface area contributed by atoms with E-state index in [0.29, 0.717) is 40.7 Å². The number of aromatic hydroxyl groups is 1. The molecule has 0 spiro atoms.